The van der Waals surface area contributed by atoms with Gasteiger partial charge >= 0.3 is 0 Å². The molecule has 1 unspecified atom stereocenters. The molecule has 1 nitrogen and oxygen atoms in total. The number of hydrogen-bond donors (Lipinski definition) is 1. The quantitative estimate of drug-likeness (QED) is 0.771. The van der Waals surface area contributed by atoms with Crippen LogP contribution in [0.25, 0.3) is 0 Å². The maximum Gasteiger partial charge on any atom is 0.258 e. The SMILES string of the molecule is CCNC(c1cccs1)C(F)F. The second-order valence-electron chi connectivity index (χ2n) is 2.39. The smallest absolute Gasteiger partial charge is 0.258 e. The molecule has 1 aromatic heterocycles. The highest BCUT2D eigenvalue weighted by Crippen LogP contribution is 2.24. The molecule has 1 rings (SSSR count). The molecule has 1 atom stereocenters. The molecule has 0 aliphatic carbocycles. The van der Waals surface area contributed by atoms with Crippen molar-refractivity contribution in [3.8, 4) is 0 Å². The summed E-state index contributed by atoms with van der Waals surface area (Å²) in [5.41, 5.74) is 0. The van der Waals surface area contributed by atoms with Gasteiger partial charge in [-0.2, -0.15) is 0 Å². The van der Waals surface area contributed by atoms with Crippen molar-refractivity contribution in [2.45, 2.75) is 19.4 Å². The number of nitrogens with one attached hydrogen (secondary N) is 1. The fraction of sp³-hybridized carbons (Fsp3) is 0.500. The van der Waals surface area contributed by atoms with E-state index >= 15 is 0 Å². The summed E-state index contributed by atoms with van der Waals surface area (Å²) in [7, 11) is 0. The van der Waals surface area contributed by atoms with Gasteiger partial charge in [0.25, 0.3) is 6.43 Å². The highest BCUT2D eigenvalue weighted by molar-refractivity contribution is 7.10. The van der Waals surface area contributed by atoms with Gasteiger partial charge in [-0.1, -0.05) is 13.0 Å². The van der Waals surface area contributed by atoms with E-state index < -0.39 is 12.5 Å². The standard InChI is InChI=1S/C8H11F2NS/c1-2-11-7(8(9)10)6-4-3-5-12-6/h3-5,7-8,11H,2H2,1H3. The lowest BCUT2D eigenvalue weighted by molar-refractivity contribution is 0.101. The Morgan fingerprint density at radius 3 is 2.75 bits per heavy atom. The molecule has 0 saturated heterocycles. The summed E-state index contributed by atoms with van der Waals surface area (Å²) in [6.45, 7) is 2.38. The number of hydrogen-bond acceptors (Lipinski definition) is 2. The fourth-order valence-corrected chi connectivity index (χ4v) is 1.81. The van der Waals surface area contributed by atoms with Crippen molar-refractivity contribution in [1.82, 2.24) is 5.32 Å². The lowest BCUT2D eigenvalue weighted by Gasteiger charge is -2.14. The van der Waals surface area contributed by atoms with Crippen molar-refractivity contribution >= 4 is 11.3 Å². The van der Waals surface area contributed by atoms with E-state index in [1.54, 1.807) is 12.1 Å². The first-order chi connectivity index (χ1) is 5.75. The van der Waals surface area contributed by atoms with Crippen LogP contribution < -0.4 is 5.32 Å². The summed E-state index contributed by atoms with van der Waals surface area (Å²) >= 11 is 1.36. The van der Waals surface area contributed by atoms with E-state index in [9.17, 15) is 8.78 Å². The van der Waals surface area contributed by atoms with Gasteiger partial charge in [-0.25, -0.2) is 8.78 Å². The minimum absolute atomic E-state index is 0.562. The summed E-state index contributed by atoms with van der Waals surface area (Å²) in [6.07, 6.45) is -2.33. The molecule has 0 spiro atoms. The van der Waals surface area contributed by atoms with Crippen LogP contribution in [0.2, 0.25) is 0 Å². The molecule has 0 radical (unpaired) electrons. The maximum absolute atomic E-state index is 12.4. The van der Waals surface area contributed by atoms with Gasteiger partial charge in [0.05, 0.1) is 0 Å². The van der Waals surface area contributed by atoms with E-state index in [1.165, 1.54) is 11.3 Å². The van der Waals surface area contributed by atoms with Gasteiger partial charge in [0.15, 0.2) is 0 Å². The number of alkyl halides is 2. The van der Waals surface area contributed by atoms with Crippen LogP contribution in [-0.2, 0) is 0 Å². The first-order valence-corrected chi connectivity index (χ1v) is 4.68. The lowest BCUT2D eigenvalue weighted by Crippen LogP contribution is -2.26. The topological polar surface area (TPSA) is 12.0 Å². The largest absolute Gasteiger partial charge is 0.305 e. The monoisotopic (exact) mass is 191 g/mol. The van der Waals surface area contributed by atoms with Crippen molar-refractivity contribution in [1.29, 1.82) is 0 Å². The van der Waals surface area contributed by atoms with Crippen molar-refractivity contribution < 1.29 is 8.78 Å². The van der Waals surface area contributed by atoms with E-state index in [1.807, 2.05) is 12.3 Å². The maximum atomic E-state index is 12.4. The molecule has 1 heterocycles. The van der Waals surface area contributed by atoms with Gasteiger partial charge in [-0.05, 0) is 18.0 Å². The Kier molecular flexibility index (Phi) is 3.62. The lowest BCUT2D eigenvalue weighted by atomic mass is 10.2. The first kappa shape index (κ1) is 9.61. The van der Waals surface area contributed by atoms with Gasteiger partial charge in [-0.15, -0.1) is 11.3 Å². The molecule has 0 amide bonds. The minimum Gasteiger partial charge on any atom is -0.305 e. The van der Waals surface area contributed by atoms with Gasteiger partial charge in [0.1, 0.15) is 6.04 Å². The van der Waals surface area contributed by atoms with Crippen molar-refractivity contribution in [2.24, 2.45) is 0 Å². The summed E-state index contributed by atoms with van der Waals surface area (Å²) in [5.74, 6) is 0. The molecule has 68 valence electrons. The van der Waals surface area contributed by atoms with Gasteiger partial charge in [0, 0.05) is 4.88 Å². The van der Waals surface area contributed by atoms with E-state index in [4.69, 9.17) is 0 Å². The molecule has 0 bridgehead atoms. The Morgan fingerprint density at radius 1 is 1.58 bits per heavy atom. The Balaban J connectivity index is 2.66. The molecule has 0 saturated carbocycles. The zero-order chi connectivity index (χ0) is 8.97. The molecule has 0 fully saturated rings. The second kappa shape index (κ2) is 4.52. The molecule has 0 aliphatic rings. The van der Waals surface area contributed by atoms with Gasteiger partial charge < -0.3 is 5.32 Å². The van der Waals surface area contributed by atoms with Crippen LogP contribution in [-0.4, -0.2) is 13.0 Å². The van der Waals surface area contributed by atoms with E-state index in [2.05, 4.69) is 5.32 Å². The van der Waals surface area contributed by atoms with Crippen molar-refractivity contribution in [3.63, 3.8) is 0 Å². The molecular formula is C8H11F2NS. The molecular weight excluding hydrogens is 180 g/mol. The molecule has 0 aliphatic heterocycles. The third kappa shape index (κ3) is 2.25. The zero-order valence-electron chi connectivity index (χ0n) is 6.76. The van der Waals surface area contributed by atoms with Crippen LogP contribution in [0, 0.1) is 0 Å². The van der Waals surface area contributed by atoms with Gasteiger partial charge in [-0.3, -0.25) is 0 Å². The summed E-state index contributed by atoms with van der Waals surface area (Å²) in [5, 5.41) is 4.55. The second-order valence-corrected chi connectivity index (χ2v) is 3.36. The summed E-state index contributed by atoms with van der Waals surface area (Å²) < 4.78 is 24.8. The van der Waals surface area contributed by atoms with Crippen LogP contribution in [0.3, 0.4) is 0 Å². The van der Waals surface area contributed by atoms with Crippen molar-refractivity contribution in [3.05, 3.63) is 22.4 Å². The minimum atomic E-state index is -2.33. The molecule has 12 heavy (non-hydrogen) atoms. The first-order valence-electron chi connectivity index (χ1n) is 3.80. The number of thiophene rings is 1. The summed E-state index contributed by atoms with van der Waals surface area (Å²) in [6, 6.07) is 2.71. The van der Waals surface area contributed by atoms with E-state index in [0.29, 0.717) is 11.4 Å². The molecule has 4 heteroatoms. The number of rotatable bonds is 4. The molecule has 0 aromatic carbocycles. The molecule has 1 aromatic rings. The third-order valence-electron chi connectivity index (χ3n) is 1.53. The normalized spacial score (nSPS) is 13.7. The Hall–Kier alpha value is -0.480. The number of halogens is 2. The Bertz CT molecular complexity index is 211. The van der Waals surface area contributed by atoms with Crippen molar-refractivity contribution in [2.75, 3.05) is 6.54 Å². The Labute approximate surface area is 74.4 Å². The van der Waals surface area contributed by atoms with Crippen LogP contribution in [0.4, 0.5) is 8.78 Å². The zero-order valence-corrected chi connectivity index (χ0v) is 7.57. The third-order valence-corrected chi connectivity index (χ3v) is 2.48. The average molecular weight is 191 g/mol. The fourth-order valence-electron chi connectivity index (χ4n) is 1.00. The molecule has 1 N–H and O–H groups in total. The Morgan fingerprint density at radius 2 is 2.33 bits per heavy atom. The van der Waals surface area contributed by atoms with E-state index in [-0.39, 0.29) is 0 Å². The highest BCUT2D eigenvalue weighted by atomic mass is 32.1. The van der Waals surface area contributed by atoms with E-state index in [0.717, 1.165) is 0 Å². The van der Waals surface area contributed by atoms with Crippen LogP contribution in [0.5, 0.6) is 0 Å². The van der Waals surface area contributed by atoms with Crippen LogP contribution in [0.15, 0.2) is 17.5 Å². The van der Waals surface area contributed by atoms with Crippen LogP contribution >= 0.6 is 11.3 Å². The van der Waals surface area contributed by atoms with Gasteiger partial charge in [0.2, 0.25) is 0 Å². The average Bonchev–Trinajstić information content (AvgIpc) is 2.51. The predicted octanol–water partition coefficient (Wildman–Crippen LogP) is 2.66. The predicted molar refractivity (Wildman–Crippen MR) is 46.7 cm³/mol. The highest BCUT2D eigenvalue weighted by Gasteiger charge is 2.21. The van der Waals surface area contributed by atoms with Crippen LogP contribution in [0.1, 0.15) is 17.8 Å². The summed E-state index contributed by atoms with van der Waals surface area (Å²) in [4.78, 5) is 0.701.